The summed E-state index contributed by atoms with van der Waals surface area (Å²) in [4.78, 5) is 13.9. The molecule has 0 unspecified atom stereocenters. The molecular weight excluding hydrogens is 1350 g/mol. The first-order valence-corrected chi connectivity index (χ1v) is 36.1. The van der Waals surface area contributed by atoms with Crippen LogP contribution in [0.2, 0.25) is 0 Å². The maximum absolute atomic E-state index is 6.68. The van der Waals surface area contributed by atoms with Gasteiger partial charge in [0.2, 0.25) is 0 Å². The molecule has 6 nitrogen and oxygen atoms in total. The van der Waals surface area contributed by atoms with E-state index in [2.05, 4.69) is 335 Å². The second-order valence-corrected chi connectivity index (χ2v) is 27.0. The van der Waals surface area contributed by atoms with Crippen LogP contribution < -0.4 is 9.47 Å². The minimum atomic E-state index is 0.833. The molecule has 0 aliphatic carbocycles. The average Bonchev–Trinajstić information content (AvgIpc) is 1.56. The van der Waals surface area contributed by atoms with Crippen molar-refractivity contribution >= 4 is 37.7 Å². The molecule has 7 heteroatoms. The van der Waals surface area contributed by atoms with Crippen molar-refractivity contribution in [3.8, 4) is 163 Å². The fraction of sp³-hybridized carbons (Fsp3) is 0. The molecule has 105 heavy (non-hydrogen) atoms. The predicted octanol–water partition coefficient (Wildman–Crippen LogP) is 27.3. The summed E-state index contributed by atoms with van der Waals surface area (Å²) in [5.41, 5.74) is 29.8. The molecule has 2 aliphatic heterocycles. The number of ether oxygens (including phenoxy) is 2. The van der Waals surface area contributed by atoms with Gasteiger partial charge in [0.25, 0.3) is 0 Å². The number of fused-ring (bicyclic) bond motifs is 14. The summed E-state index contributed by atoms with van der Waals surface area (Å²) in [7, 11) is 0. The Balaban J connectivity index is 0.000000124. The number of pyridine rings is 2. The molecule has 0 spiro atoms. The van der Waals surface area contributed by atoms with Crippen LogP contribution in [0.25, 0.3) is 162 Å². The lowest BCUT2D eigenvalue weighted by atomic mass is 9.96. The zero-order valence-electron chi connectivity index (χ0n) is 57.0. The van der Waals surface area contributed by atoms with Gasteiger partial charge in [-0.3, -0.25) is 0 Å². The molecule has 0 saturated carbocycles. The van der Waals surface area contributed by atoms with Gasteiger partial charge >= 0.3 is 0 Å². The Hall–Kier alpha value is -13.5. The maximum Gasteiger partial charge on any atom is 0.136 e. The third kappa shape index (κ3) is 12.5. The third-order valence-corrected chi connectivity index (χ3v) is 20.1. The van der Waals surface area contributed by atoms with E-state index in [9.17, 15) is 0 Å². The molecule has 20 rings (SSSR count). The lowest BCUT2D eigenvalue weighted by Gasteiger charge is -2.17. The number of halogens is 1. The zero-order chi connectivity index (χ0) is 70.0. The van der Waals surface area contributed by atoms with Gasteiger partial charge in [0.05, 0.1) is 45.2 Å². The Morgan fingerprint density at radius 1 is 0.257 bits per heavy atom. The summed E-state index contributed by atoms with van der Waals surface area (Å²) in [6.07, 6.45) is 0. The highest BCUT2D eigenvalue weighted by Crippen LogP contribution is 2.54. The number of H-pyrrole nitrogens is 1. The fourth-order valence-electron chi connectivity index (χ4n) is 14.7. The first-order valence-electron chi connectivity index (χ1n) is 35.3. The highest BCUT2D eigenvalue weighted by molar-refractivity contribution is 9.10. The van der Waals surface area contributed by atoms with E-state index >= 15 is 0 Å². The van der Waals surface area contributed by atoms with Crippen LogP contribution in [0.15, 0.2) is 393 Å². The number of aromatic nitrogens is 4. The number of nitrogens with one attached hydrogen (secondary N) is 1. The van der Waals surface area contributed by atoms with Gasteiger partial charge in [-0.2, -0.15) is 0 Å². The summed E-state index contributed by atoms with van der Waals surface area (Å²) in [5, 5.41) is 2.38. The van der Waals surface area contributed by atoms with Crippen LogP contribution in [0, 0.1) is 0 Å². The molecule has 1 N–H and O–H groups in total. The molecule has 0 fully saturated rings. The summed E-state index contributed by atoms with van der Waals surface area (Å²) < 4.78 is 16.5. The second kappa shape index (κ2) is 28.2. The number of hydrogen-bond donors (Lipinski definition) is 1. The monoisotopic (exact) mass is 1410 g/mol. The lowest BCUT2D eigenvalue weighted by molar-refractivity contribution is 0.487. The fourth-order valence-corrected chi connectivity index (χ4v) is 15.1. The lowest BCUT2D eigenvalue weighted by Crippen LogP contribution is -2.00. The quantitative estimate of drug-likeness (QED) is 0.156. The van der Waals surface area contributed by atoms with Crippen LogP contribution in [0.3, 0.4) is 0 Å². The summed E-state index contributed by atoms with van der Waals surface area (Å²) in [6, 6.07) is 135. The minimum absolute atomic E-state index is 0.833. The number of nitrogens with zero attached hydrogens (tertiary/aromatic N) is 3. The molecule has 0 saturated heterocycles. The molecule has 14 aromatic carbocycles. The maximum atomic E-state index is 6.68. The number of benzene rings is 14. The van der Waals surface area contributed by atoms with E-state index < -0.39 is 0 Å². The largest absolute Gasteiger partial charge is 0.456 e. The van der Waals surface area contributed by atoms with Crippen molar-refractivity contribution in [2.24, 2.45) is 0 Å². The van der Waals surface area contributed by atoms with Crippen molar-refractivity contribution in [3.05, 3.63) is 393 Å². The summed E-state index contributed by atoms with van der Waals surface area (Å²) in [5.74, 6) is 3.45. The number of rotatable bonds is 9. The van der Waals surface area contributed by atoms with Gasteiger partial charge in [-0.05, 0) is 118 Å². The van der Waals surface area contributed by atoms with Gasteiger partial charge in [-0.15, -0.1) is 0 Å². The Morgan fingerprint density at radius 3 is 1.14 bits per heavy atom. The van der Waals surface area contributed by atoms with Crippen LogP contribution in [0.4, 0.5) is 0 Å². The molecule has 6 heterocycles. The second-order valence-electron chi connectivity index (χ2n) is 26.1. The van der Waals surface area contributed by atoms with Crippen LogP contribution in [0.1, 0.15) is 0 Å². The van der Waals surface area contributed by atoms with Crippen LogP contribution in [-0.2, 0) is 0 Å². The Labute approximate surface area is 618 Å². The van der Waals surface area contributed by atoms with Gasteiger partial charge in [0, 0.05) is 87.7 Å². The minimum Gasteiger partial charge on any atom is -0.456 e. The smallest absolute Gasteiger partial charge is 0.136 e. The van der Waals surface area contributed by atoms with Crippen molar-refractivity contribution < 1.29 is 9.47 Å². The Bertz CT molecular complexity index is 6100. The first kappa shape index (κ1) is 63.7. The van der Waals surface area contributed by atoms with Gasteiger partial charge in [0.1, 0.15) is 23.0 Å². The Morgan fingerprint density at radius 2 is 0.619 bits per heavy atom. The molecule has 0 bridgehead atoms. The van der Waals surface area contributed by atoms with E-state index in [1.807, 2.05) is 78.9 Å². The summed E-state index contributed by atoms with van der Waals surface area (Å²) in [6.45, 7) is 0. The molecule has 0 radical (unpaired) electrons. The third-order valence-electron chi connectivity index (χ3n) is 19.6. The summed E-state index contributed by atoms with van der Waals surface area (Å²) >= 11 is 3.56. The molecule has 0 amide bonds. The van der Waals surface area contributed by atoms with Gasteiger partial charge in [-0.25, -0.2) is 9.97 Å². The van der Waals surface area contributed by atoms with Crippen molar-refractivity contribution in [2.75, 3.05) is 0 Å². The van der Waals surface area contributed by atoms with Crippen molar-refractivity contribution in [1.82, 2.24) is 19.5 Å². The van der Waals surface area contributed by atoms with Crippen LogP contribution in [0.5, 0.6) is 23.0 Å². The predicted molar refractivity (Wildman–Crippen MR) is 437 cm³/mol. The topological polar surface area (TPSA) is 65.0 Å². The van der Waals surface area contributed by atoms with E-state index in [4.69, 9.17) is 19.4 Å². The first-order chi connectivity index (χ1) is 52.0. The van der Waals surface area contributed by atoms with E-state index in [0.29, 0.717) is 0 Å². The zero-order valence-corrected chi connectivity index (χ0v) is 58.6. The molecular formula is C98H65BrN4O2. The molecule has 2 aliphatic rings. The number of aromatic amines is 1. The van der Waals surface area contributed by atoms with Crippen molar-refractivity contribution in [2.45, 2.75) is 0 Å². The highest BCUT2D eigenvalue weighted by Gasteiger charge is 2.31. The standard InChI is InChI=1S/C49H32N2O.C26H17NO.C23H16BrN/c1-4-16-33(17-5-1)37-31-43(35-20-8-3-9-21-35)50-44(32-37)36-22-14-23-38(30-36)51-48-39(34-18-6-2-7-19-34)26-15-27-42(48)47-40-24-10-12-28-45(40)52-46-29-13-11-25-41(46)49(47)51;1-2-9-17(10-3-1)18-13-8-14-21-24-19-11-4-6-15-22(19)28-23-16-7-5-12-20(23)26(24)27-25(18)21;24-21-13-7-12-19(14-21)23-16-20(17-8-3-1-4-9-17)15-22(25-23)18-10-5-2-6-11-18/h1-32H;1-16,27H;1-16H. The van der Waals surface area contributed by atoms with E-state index in [1.165, 1.54) is 49.7 Å². The molecule has 18 aromatic rings. The number of hydrogen-bond acceptors (Lipinski definition) is 4. The highest BCUT2D eigenvalue weighted by atomic mass is 79.9. The number of para-hydroxylation sites is 6. The van der Waals surface area contributed by atoms with Crippen LogP contribution >= 0.6 is 15.9 Å². The van der Waals surface area contributed by atoms with E-state index in [1.54, 1.807) is 0 Å². The molecule has 4 aromatic heterocycles. The van der Waals surface area contributed by atoms with Crippen LogP contribution in [-0.4, -0.2) is 19.5 Å². The van der Waals surface area contributed by atoms with Crippen molar-refractivity contribution in [3.63, 3.8) is 0 Å². The van der Waals surface area contributed by atoms with Gasteiger partial charge < -0.3 is 19.0 Å². The molecule has 496 valence electrons. The average molecular weight is 1410 g/mol. The normalized spacial score (nSPS) is 11.4. The van der Waals surface area contributed by atoms with E-state index in [-0.39, 0.29) is 0 Å². The van der Waals surface area contributed by atoms with Gasteiger partial charge in [0.15, 0.2) is 0 Å². The SMILES string of the molecule is Brc1cccc(-c2cc(-c3ccccc3)cc(-c3ccccc3)n2)c1.c1ccc(-c2cc(-c3ccccc3)nc(-c3cccc(-n4c5c(c6cccc(-c7ccccc7)c64)-c4ccccc4Oc4ccccc4-5)c3)c2)cc1.c1ccc(-c2cccc3c4c([nH]c23)-c2ccccc2Oc2ccccc2-4)cc1. The Kier molecular flexibility index (Phi) is 17.1. The molecule has 0 atom stereocenters. The van der Waals surface area contributed by atoms with Crippen molar-refractivity contribution in [1.29, 1.82) is 0 Å². The van der Waals surface area contributed by atoms with E-state index in [0.717, 1.165) is 140 Å². The van der Waals surface area contributed by atoms with Gasteiger partial charge in [-0.1, -0.05) is 319 Å².